The number of benzene rings is 1. The minimum Gasteiger partial charge on any atom is -0.107 e. The maximum atomic E-state index is 4.24. The minimum atomic E-state index is -1.02. The van der Waals surface area contributed by atoms with E-state index in [1.54, 1.807) is 10.4 Å². The van der Waals surface area contributed by atoms with E-state index < -0.39 is 17.6 Å². The Bertz CT molecular complexity index is 520. The van der Waals surface area contributed by atoms with E-state index in [2.05, 4.69) is 48.8 Å². The van der Waals surface area contributed by atoms with Gasteiger partial charge in [0.25, 0.3) is 0 Å². The number of hydrogen-bond acceptors (Lipinski definition) is 0. The molecule has 2 saturated carbocycles. The molecule has 26 heavy (non-hydrogen) atoms. The highest BCUT2D eigenvalue weighted by Gasteiger charge is 2.22. The first kappa shape index (κ1) is 19.9. The van der Waals surface area contributed by atoms with Crippen LogP contribution in [0.5, 0.6) is 0 Å². The van der Waals surface area contributed by atoms with Gasteiger partial charge in [0.2, 0.25) is 0 Å². The van der Waals surface area contributed by atoms with Gasteiger partial charge in [0.15, 0.2) is 0 Å². The van der Waals surface area contributed by atoms with Crippen molar-refractivity contribution >= 4 is 28.0 Å². The Morgan fingerprint density at radius 3 is 1.54 bits per heavy atom. The second-order valence-corrected chi connectivity index (χ2v) is 14.5. The van der Waals surface area contributed by atoms with Crippen LogP contribution in [0, 0.1) is 11.8 Å². The lowest BCUT2D eigenvalue weighted by Gasteiger charge is -2.26. The monoisotopic (exact) mass is 382 g/mol. The van der Waals surface area contributed by atoms with Crippen molar-refractivity contribution in [2.45, 2.75) is 76.3 Å². The van der Waals surface area contributed by atoms with E-state index >= 15 is 0 Å². The van der Waals surface area contributed by atoms with Crippen molar-refractivity contribution in [2.75, 3.05) is 0 Å². The van der Waals surface area contributed by atoms with Gasteiger partial charge < -0.3 is 0 Å². The molecule has 0 nitrogen and oxygen atoms in total. The molecule has 3 rings (SSSR count). The average Bonchev–Trinajstić information content (AvgIpc) is 2.72. The maximum Gasteiger partial charge on any atom is 0.0936 e. The third-order valence-corrected chi connectivity index (χ3v) is 12.9. The summed E-state index contributed by atoms with van der Waals surface area (Å²) in [5.41, 5.74) is 4.69. The molecule has 0 amide bonds. The summed E-state index contributed by atoms with van der Waals surface area (Å²) in [7, 11) is -2.04. The molecule has 1 aromatic carbocycles. The van der Waals surface area contributed by atoms with Crippen LogP contribution < -0.4 is 10.4 Å². The van der Waals surface area contributed by atoms with E-state index in [9.17, 15) is 0 Å². The average molecular weight is 383 g/mol. The fourth-order valence-electron chi connectivity index (χ4n) is 5.32. The molecule has 0 aliphatic heterocycles. The number of rotatable bonds is 8. The standard InChI is InChI=1S/C24H38Si2/c1-3-25(19-21-12-7-5-8-13-21)23-16-11-17-24(18-23)26(4-2)20-22-14-9-6-10-15-22/h3-4,11,16-18,21-22,25-26H,1-2,5-10,12-15,19-20H2. The summed E-state index contributed by atoms with van der Waals surface area (Å²) in [6.45, 7) is 8.49. The number of hydrogen-bond donors (Lipinski definition) is 0. The second-order valence-electron chi connectivity index (χ2n) is 8.83. The fraction of sp³-hybridized carbons (Fsp3) is 0.583. The Labute approximate surface area is 165 Å². The first-order valence-electron chi connectivity index (χ1n) is 11.1. The van der Waals surface area contributed by atoms with Gasteiger partial charge in [-0.2, -0.15) is 0 Å². The Hall–Kier alpha value is -0.866. The lowest BCUT2D eigenvalue weighted by Crippen LogP contribution is -2.38. The Balaban J connectivity index is 1.68. The lowest BCUT2D eigenvalue weighted by atomic mass is 9.91. The van der Waals surface area contributed by atoms with Crippen LogP contribution in [0.1, 0.15) is 64.2 Å². The van der Waals surface area contributed by atoms with Crippen LogP contribution >= 0.6 is 0 Å². The summed E-state index contributed by atoms with van der Waals surface area (Å²) in [4.78, 5) is 0. The van der Waals surface area contributed by atoms with Gasteiger partial charge >= 0.3 is 0 Å². The van der Waals surface area contributed by atoms with Gasteiger partial charge in [0.1, 0.15) is 0 Å². The zero-order valence-corrected chi connectivity index (χ0v) is 19.0. The molecular formula is C24H38Si2. The van der Waals surface area contributed by atoms with Gasteiger partial charge in [-0.15, -0.1) is 24.6 Å². The Morgan fingerprint density at radius 2 is 1.15 bits per heavy atom. The predicted octanol–water partition coefficient (Wildman–Crippen LogP) is 5.17. The third kappa shape index (κ3) is 5.56. The van der Waals surface area contributed by atoms with Gasteiger partial charge in [-0.25, -0.2) is 0 Å². The molecule has 2 heteroatoms. The fourth-order valence-corrected chi connectivity index (χ4v) is 10.9. The molecule has 0 bridgehead atoms. The first-order chi connectivity index (χ1) is 12.8. The third-order valence-electron chi connectivity index (χ3n) is 6.96. The molecule has 0 aromatic heterocycles. The van der Waals surface area contributed by atoms with Gasteiger partial charge in [-0.3, -0.25) is 0 Å². The van der Waals surface area contributed by atoms with Crippen molar-refractivity contribution in [3.8, 4) is 0 Å². The van der Waals surface area contributed by atoms with E-state index in [0.717, 1.165) is 11.8 Å². The summed E-state index contributed by atoms with van der Waals surface area (Å²) in [5.74, 6) is 1.94. The predicted molar refractivity (Wildman–Crippen MR) is 123 cm³/mol. The van der Waals surface area contributed by atoms with Crippen LogP contribution in [0.4, 0.5) is 0 Å². The van der Waals surface area contributed by atoms with Crippen molar-refractivity contribution in [3.05, 3.63) is 48.8 Å². The Morgan fingerprint density at radius 1 is 0.731 bits per heavy atom. The van der Waals surface area contributed by atoms with E-state index in [0.29, 0.717) is 0 Å². The lowest BCUT2D eigenvalue weighted by molar-refractivity contribution is 0.384. The molecule has 0 radical (unpaired) electrons. The molecule has 1 aromatic rings. The first-order valence-corrected chi connectivity index (χ1v) is 15.3. The van der Waals surface area contributed by atoms with Gasteiger partial charge in [0, 0.05) is 0 Å². The quantitative estimate of drug-likeness (QED) is 0.544. The Kier molecular flexibility index (Phi) is 8.00. The summed E-state index contributed by atoms with van der Waals surface area (Å²) in [5, 5.41) is 3.29. The van der Waals surface area contributed by atoms with Gasteiger partial charge in [-0.05, 0) is 23.9 Å². The van der Waals surface area contributed by atoms with E-state index in [1.807, 2.05) is 0 Å². The van der Waals surface area contributed by atoms with E-state index in [-0.39, 0.29) is 0 Å². The molecule has 0 saturated heterocycles. The zero-order valence-electron chi connectivity index (χ0n) is 16.7. The van der Waals surface area contributed by atoms with Crippen molar-refractivity contribution in [2.24, 2.45) is 11.8 Å². The second kappa shape index (κ2) is 10.5. The van der Waals surface area contributed by atoms with Crippen molar-refractivity contribution in [1.29, 1.82) is 0 Å². The van der Waals surface area contributed by atoms with Crippen LogP contribution in [0.15, 0.2) is 48.8 Å². The molecule has 0 heterocycles. The summed E-state index contributed by atoms with van der Waals surface area (Å²) in [6.07, 6.45) is 14.6. The molecular weight excluding hydrogens is 344 g/mol. The molecule has 2 aliphatic carbocycles. The molecule has 2 atom stereocenters. The van der Waals surface area contributed by atoms with Gasteiger partial charge in [-0.1, -0.05) is 98.8 Å². The summed E-state index contributed by atoms with van der Waals surface area (Å²) < 4.78 is 0. The van der Waals surface area contributed by atoms with Gasteiger partial charge in [0.05, 0.1) is 17.6 Å². The van der Waals surface area contributed by atoms with Crippen LogP contribution in [0.2, 0.25) is 12.1 Å². The van der Waals surface area contributed by atoms with Crippen LogP contribution in [-0.2, 0) is 0 Å². The smallest absolute Gasteiger partial charge is 0.0936 e. The van der Waals surface area contributed by atoms with Crippen molar-refractivity contribution in [1.82, 2.24) is 0 Å². The van der Waals surface area contributed by atoms with E-state index in [4.69, 9.17) is 0 Å². The van der Waals surface area contributed by atoms with E-state index in [1.165, 1.54) is 76.3 Å². The van der Waals surface area contributed by atoms with Crippen molar-refractivity contribution < 1.29 is 0 Å². The van der Waals surface area contributed by atoms with Crippen LogP contribution in [0.3, 0.4) is 0 Å². The normalized spacial score (nSPS) is 21.8. The van der Waals surface area contributed by atoms with Crippen molar-refractivity contribution in [3.63, 3.8) is 0 Å². The molecule has 2 fully saturated rings. The highest BCUT2D eigenvalue weighted by atomic mass is 28.3. The molecule has 0 spiro atoms. The van der Waals surface area contributed by atoms with Crippen LogP contribution in [-0.4, -0.2) is 17.6 Å². The summed E-state index contributed by atoms with van der Waals surface area (Å²) >= 11 is 0. The minimum absolute atomic E-state index is 0.969. The molecule has 2 aliphatic rings. The maximum absolute atomic E-state index is 4.24. The highest BCUT2D eigenvalue weighted by Crippen LogP contribution is 2.29. The zero-order chi connectivity index (χ0) is 18.2. The highest BCUT2D eigenvalue weighted by molar-refractivity contribution is 6.80. The molecule has 142 valence electrons. The molecule has 2 unspecified atom stereocenters. The largest absolute Gasteiger partial charge is 0.107 e. The molecule has 0 N–H and O–H groups in total. The topological polar surface area (TPSA) is 0 Å². The SMILES string of the molecule is C=C[SiH](CC1CCCCC1)c1cccc([SiH](C=C)CC2CCCCC2)c1. The summed E-state index contributed by atoms with van der Waals surface area (Å²) in [6, 6.07) is 12.6. The van der Waals surface area contributed by atoms with Crippen LogP contribution in [0.25, 0.3) is 0 Å².